The van der Waals surface area contributed by atoms with Gasteiger partial charge in [-0.1, -0.05) is 6.07 Å². The lowest BCUT2D eigenvalue weighted by atomic mass is 10.2. The first-order valence-electron chi connectivity index (χ1n) is 5.29. The van der Waals surface area contributed by atoms with Crippen LogP contribution in [0, 0.1) is 17.2 Å². The second-order valence-corrected chi connectivity index (χ2v) is 4.04. The van der Waals surface area contributed by atoms with Crippen molar-refractivity contribution in [2.24, 2.45) is 5.92 Å². The fourth-order valence-electron chi connectivity index (χ4n) is 1.42. The molecule has 4 heteroatoms. The molecular weight excluding hydrogens is 202 g/mol. The maximum atomic E-state index is 9.34. The van der Waals surface area contributed by atoms with E-state index in [-0.39, 0.29) is 5.92 Å². The van der Waals surface area contributed by atoms with Gasteiger partial charge in [-0.15, -0.1) is 0 Å². The van der Waals surface area contributed by atoms with Gasteiger partial charge >= 0.3 is 0 Å². The minimum atomic E-state index is -0.495. The van der Waals surface area contributed by atoms with Crippen molar-refractivity contribution in [3.05, 3.63) is 23.9 Å². The summed E-state index contributed by atoms with van der Waals surface area (Å²) >= 11 is 0. The Morgan fingerprint density at radius 2 is 2.19 bits per heavy atom. The van der Waals surface area contributed by atoms with Crippen LogP contribution in [0.15, 0.2) is 18.3 Å². The van der Waals surface area contributed by atoms with E-state index in [1.165, 1.54) is 0 Å². The summed E-state index contributed by atoms with van der Waals surface area (Å²) in [6.07, 6.45) is 1.16. The first-order valence-corrected chi connectivity index (χ1v) is 5.29. The fourth-order valence-corrected chi connectivity index (χ4v) is 1.42. The number of hydrogen-bond donors (Lipinski definition) is 1. The highest BCUT2D eigenvalue weighted by Crippen LogP contribution is 2.15. The Morgan fingerprint density at radius 3 is 2.62 bits per heavy atom. The Balaban J connectivity index is 2.71. The smallest absolute Gasteiger partial charge is 0.128 e. The van der Waals surface area contributed by atoms with Gasteiger partial charge < -0.3 is 10.0 Å². The summed E-state index contributed by atoms with van der Waals surface area (Å²) in [5.41, 5.74) is 0.797. The zero-order valence-electron chi connectivity index (χ0n) is 9.88. The van der Waals surface area contributed by atoms with Crippen molar-refractivity contribution in [1.29, 1.82) is 5.26 Å². The molecule has 1 N–H and O–H groups in total. The maximum absolute atomic E-state index is 9.34. The van der Waals surface area contributed by atoms with E-state index in [0.29, 0.717) is 6.54 Å². The molecule has 4 nitrogen and oxygen atoms in total. The van der Waals surface area contributed by atoms with Crippen molar-refractivity contribution in [1.82, 2.24) is 4.98 Å². The van der Waals surface area contributed by atoms with Gasteiger partial charge in [0.25, 0.3) is 0 Å². The van der Waals surface area contributed by atoms with Crippen LogP contribution in [0.3, 0.4) is 0 Å². The summed E-state index contributed by atoms with van der Waals surface area (Å²) in [5, 5.41) is 18.1. The summed E-state index contributed by atoms with van der Waals surface area (Å²) < 4.78 is 0. The van der Waals surface area contributed by atoms with E-state index >= 15 is 0 Å². The van der Waals surface area contributed by atoms with Gasteiger partial charge in [-0.05, 0) is 25.5 Å². The van der Waals surface area contributed by atoms with Crippen LogP contribution in [-0.2, 0) is 0 Å². The average molecular weight is 219 g/mol. The second kappa shape index (κ2) is 5.47. The maximum Gasteiger partial charge on any atom is 0.128 e. The molecule has 0 saturated carbocycles. The van der Waals surface area contributed by atoms with Crippen molar-refractivity contribution in [3.8, 4) is 6.07 Å². The van der Waals surface area contributed by atoms with E-state index in [9.17, 15) is 5.11 Å². The van der Waals surface area contributed by atoms with Crippen molar-refractivity contribution in [3.63, 3.8) is 0 Å². The summed E-state index contributed by atoms with van der Waals surface area (Å²) in [4.78, 5) is 6.17. The molecule has 0 amide bonds. The number of aromatic nitrogens is 1. The Labute approximate surface area is 96.2 Å². The average Bonchev–Trinajstić information content (AvgIpc) is 2.28. The van der Waals surface area contributed by atoms with E-state index in [2.05, 4.69) is 11.1 Å². The number of nitrogens with zero attached hydrogens (tertiary/aromatic N) is 3. The molecule has 0 saturated heterocycles. The third kappa shape index (κ3) is 3.21. The summed E-state index contributed by atoms with van der Waals surface area (Å²) in [6.45, 7) is 4.23. The topological polar surface area (TPSA) is 60.2 Å². The standard InChI is InChI=1S/C12H17N3O/c1-9(6-13)8-15(3)12-5-4-11(7-14-12)10(2)16/h4-5,7,9-10,16H,8H2,1-3H3/t9?,10-/m1/s1. The zero-order chi connectivity index (χ0) is 12.1. The van der Waals surface area contributed by atoms with E-state index in [1.807, 2.05) is 31.0 Å². The minimum Gasteiger partial charge on any atom is -0.389 e. The van der Waals surface area contributed by atoms with Gasteiger partial charge in [0, 0.05) is 19.8 Å². The first-order chi connectivity index (χ1) is 7.54. The van der Waals surface area contributed by atoms with Gasteiger partial charge in [-0.2, -0.15) is 5.26 Å². The van der Waals surface area contributed by atoms with Crippen molar-refractivity contribution >= 4 is 5.82 Å². The third-order valence-corrected chi connectivity index (χ3v) is 2.41. The Kier molecular flexibility index (Phi) is 4.27. The van der Waals surface area contributed by atoms with Gasteiger partial charge in [-0.3, -0.25) is 0 Å². The predicted octanol–water partition coefficient (Wildman–Crippen LogP) is 1.73. The lowest BCUT2D eigenvalue weighted by Crippen LogP contribution is -2.24. The number of rotatable bonds is 4. The highest BCUT2D eigenvalue weighted by atomic mass is 16.3. The molecule has 86 valence electrons. The molecule has 0 aromatic carbocycles. The molecule has 1 aromatic heterocycles. The van der Waals surface area contributed by atoms with Gasteiger partial charge in [-0.25, -0.2) is 4.98 Å². The number of anilines is 1. The van der Waals surface area contributed by atoms with Crippen molar-refractivity contribution in [2.75, 3.05) is 18.5 Å². The molecule has 2 atom stereocenters. The number of nitriles is 1. The van der Waals surface area contributed by atoms with Crippen LogP contribution in [0.4, 0.5) is 5.82 Å². The predicted molar refractivity (Wildman–Crippen MR) is 62.9 cm³/mol. The molecule has 0 aliphatic rings. The molecule has 0 radical (unpaired) electrons. The van der Waals surface area contributed by atoms with Crippen LogP contribution in [-0.4, -0.2) is 23.7 Å². The second-order valence-electron chi connectivity index (χ2n) is 4.04. The largest absolute Gasteiger partial charge is 0.389 e. The van der Waals surface area contributed by atoms with Crippen LogP contribution in [0.1, 0.15) is 25.5 Å². The lowest BCUT2D eigenvalue weighted by molar-refractivity contribution is 0.199. The van der Waals surface area contributed by atoms with Crippen LogP contribution >= 0.6 is 0 Å². The minimum absolute atomic E-state index is 0.0248. The molecule has 1 aromatic rings. The molecule has 16 heavy (non-hydrogen) atoms. The van der Waals surface area contributed by atoms with Crippen molar-refractivity contribution in [2.45, 2.75) is 20.0 Å². The van der Waals surface area contributed by atoms with Crippen LogP contribution in [0.2, 0.25) is 0 Å². The monoisotopic (exact) mass is 219 g/mol. The lowest BCUT2D eigenvalue weighted by Gasteiger charge is -2.19. The van der Waals surface area contributed by atoms with E-state index in [0.717, 1.165) is 11.4 Å². The fraction of sp³-hybridized carbons (Fsp3) is 0.500. The van der Waals surface area contributed by atoms with E-state index in [4.69, 9.17) is 5.26 Å². The molecule has 0 fully saturated rings. The first kappa shape index (κ1) is 12.5. The number of aliphatic hydroxyl groups excluding tert-OH is 1. The Hall–Kier alpha value is -1.60. The molecular formula is C12H17N3O. The van der Waals surface area contributed by atoms with Crippen molar-refractivity contribution < 1.29 is 5.11 Å². The van der Waals surface area contributed by atoms with Crippen LogP contribution in [0.5, 0.6) is 0 Å². The number of hydrogen-bond acceptors (Lipinski definition) is 4. The molecule has 1 heterocycles. The van der Waals surface area contributed by atoms with Gasteiger partial charge in [0.1, 0.15) is 5.82 Å². The molecule has 0 spiro atoms. The highest BCUT2D eigenvalue weighted by molar-refractivity contribution is 5.38. The SMILES string of the molecule is CC(C#N)CN(C)c1ccc([C@@H](C)O)cn1. The third-order valence-electron chi connectivity index (χ3n) is 2.41. The Bertz CT molecular complexity index is 367. The van der Waals surface area contributed by atoms with E-state index < -0.39 is 6.10 Å². The molecule has 0 bridgehead atoms. The normalized spacial score (nSPS) is 13.9. The van der Waals surface area contributed by atoms with Gasteiger partial charge in [0.15, 0.2) is 0 Å². The molecule has 1 unspecified atom stereocenters. The van der Waals surface area contributed by atoms with Gasteiger partial charge in [0.2, 0.25) is 0 Å². The van der Waals surface area contributed by atoms with Crippen LogP contribution < -0.4 is 4.90 Å². The number of pyridine rings is 1. The highest BCUT2D eigenvalue weighted by Gasteiger charge is 2.08. The zero-order valence-corrected chi connectivity index (χ0v) is 9.88. The molecule has 0 aliphatic heterocycles. The summed E-state index contributed by atoms with van der Waals surface area (Å²) in [7, 11) is 1.90. The number of aliphatic hydroxyl groups is 1. The Morgan fingerprint density at radius 1 is 1.50 bits per heavy atom. The van der Waals surface area contributed by atoms with Crippen LogP contribution in [0.25, 0.3) is 0 Å². The molecule has 1 rings (SSSR count). The summed E-state index contributed by atoms with van der Waals surface area (Å²) in [6, 6.07) is 5.89. The summed E-state index contributed by atoms with van der Waals surface area (Å²) in [5.74, 6) is 0.787. The van der Waals surface area contributed by atoms with Gasteiger partial charge in [0.05, 0.1) is 18.1 Å². The molecule has 0 aliphatic carbocycles. The van der Waals surface area contributed by atoms with E-state index in [1.54, 1.807) is 13.1 Å². The quantitative estimate of drug-likeness (QED) is 0.837.